The summed E-state index contributed by atoms with van der Waals surface area (Å²) in [4.78, 5) is 15.5. The third-order valence-electron chi connectivity index (χ3n) is 2.69. The summed E-state index contributed by atoms with van der Waals surface area (Å²) in [6.07, 6.45) is 3.56. The van der Waals surface area contributed by atoms with Gasteiger partial charge in [-0.05, 0) is 17.7 Å². The number of carbonyl (C=O) groups is 1. The highest BCUT2D eigenvalue weighted by Crippen LogP contribution is 2.21. The molecule has 0 saturated carbocycles. The van der Waals surface area contributed by atoms with E-state index in [2.05, 4.69) is 24.1 Å². The third kappa shape index (κ3) is 3.33. The van der Waals surface area contributed by atoms with Gasteiger partial charge in [0, 0.05) is 30.3 Å². The average Bonchev–Trinajstić information content (AvgIpc) is 2.27. The van der Waals surface area contributed by atoms with Gasteiger partial charge in [0.05, 0.1) is 0 Å². The largest absolute Gasteiger partial charge is 0.355 e. The van der Waals surface area contributed by atoms with E-state index in [1.54, 1.807) is 12.4 Å². The third-order valence-corrected chi connectivity index (χ3v) is 2.69. The van der Waals surface area contributed by atoms with Crippen LogP contribution in [0, 0.1) is 5.92 Å². The summed E-state index contributed by atoms with van der Waals surface area (Å²) in [5, 5.41) is 2.96. The van der Waals surface area contributed by atoms with Crippen molar-refractivity contribution in [1.29, 1.82) is 0 Å². The van der Waals surface area contributed by atoms with Crippen molar-refractivity contribution in [3.05, 3.63) is 30.1 Å². The fraction of sp³-hybridized carbons (Fsp3) is 0.538. The molecule has 0 bridgehead atoms. The van der Waals surface area contributed by atoms with Crippen molar-refractivity contribution >= 4 is 5.91 Å². The molecule has 1 rings (SSSR count). The van der Waals surface area contributed by atoms with E-state index in [-0.39, 0.29) is 17.2 Å². The lowest BCUT2D eigenvalue weighted by Gasteiger charge is -2.25. The standard InChI is InChI=1S/C13H20N2O/c1-10(2)12(16)15-9-13(3,4)11-5-7-14-8-6-11/h5-8,10H,9H2,1-4H3,(H,15,16). The van der Waals surface area contributed by atoms with E-state index in [4.69, 9.17) is 0 Å². The van der Waals surface area contributed by atoms with Crippen LogP contribution in [-0.2, 0) is 10.2 Å². The van der Waals surface area contributed by atoms with Gasteiger partial charge >= 0.3 is 0 Å². The number of hydrogen-bond acceptors (Lipinski definition) is 2. The predicted molar refractivity (Wildman–Crippen MR) is 65.1 cm³/mol. The molecule has 0 saturated heterocycles. The van der Waals surface area contributed by atoms with Gasteiger partial charge in [0.15, 0.2) is 0 Å². The van der Waals surface area contributed by atoms with Crippen LogP contribution in [0.15, 0.2) is 24.5 Å². The summed E-state index contributed by atoms with van der Waals surface area (Å²) in [5.41, 5.74) is 1.12. The Balaban J connectivity index is 2.63. The smallest absolute Gasteiger partial charge is 0.222 e. The Labute approximate surface area is 97.3 Å². The van der Waals surface area contributed by atoms with Crippen LogP contribution in [0.5, 0.6) is 0 Å². The Kier molecular flexibility index (Phi) is 4.05. The molecule has 0 unspecified atom stereocenters. The average molecular weight is 220 g/mol. The summed E-state index contributed by atoms with van der Waals surface area (Å²) in [7, 11) is 0. The molecule has 3 heteroatoms. The van der Waals surface area contributed by atoms with Crippen LogP contribution in [0.1, 0.15) is 33.3 Å². The molecule has 0 radical (unpaired) electrons. The number of nitrogens with one attached hydrogen (secondary N) is 1. The number of amides is 1. The summed E-state index contributed by atoms with van der Waals surface area (Å²) in [6.45, 7) is 8.67. The molecule has 0 aliphatic carbocycles. The molecular formula is C13H20N2O. The molecule has 1 N–H and O–H groups in total. The molecule has 0 aromatic carbocycles. The number of nitrogens with zero attached hydrogens (tertiary/aromatic N) is 1. The molecule has 1 aromatic rings. The van der Waals surface area contributed by atoms with Crippen molar-refractivity contribution in [1.82, 2.24) is 10.3 Å². The number of hydrogen-bond donors (Lipinski definition) is 1. The predicted octanol–water partition coefficient (Wildman–Crippen LogP) is 2.13. The quantitative estimate of drug-likeness (QED) is 0.844. The second-order valence-electron chi connectivity index (χ2n) is 4.99. The Morgan fingerprint density at radius 3 is 2.44 bits per heavy atom. The van der Waals surface area contributed by atoms with Crippen LogP contribution >= 0.6 is 0 Å². The molecule has 1 heterocycles. The van der Waals surface area contributed by atoms with Crippen molar-refractivity contribution in [3.8, 4) is 0 Å². The van der Waals surface area contributed by atoms with Crippen molar-refractivity contribution in [3.63, 3.8) is 0 Å². The zero-order valence-corrected chi connectivity index (χ0v) is 10.4. The molecule has 0 fully saturated rings. The van der Waals surface area contributed by atoms with Crippen molar-refractivity contribution < 1.29 is 4.79 Å². The van der Waals surface area contributed by atoms with E-state index in [0.717, 1.165) is 0 Å². The maximum absolute atomic E-state index is 11.5. The normalized spacial score (nSPS) is 11.6. The molecule has 0 aliphatic rings. The molecule has 1 amide bonds. The minimum Gasteiger partial charge on any atom is -0.355 e. The fourth-order valence-electron chi connectivity index (χ4n) is 1.42. The molecule has 0 spiro atoms. The highest BCUT2D eigenvalue weighted by atomic mass is 16.1. The van der Waals surface area contributed by atoms with Gasteiger partial charge in [0.2, 0.25) is 5.91 Å². The van der Waals surface area contributed by atoms with E-state index in [9.17, 15) is 4.79 Å². The molecule has 16 heavy (non-hydrogen) atoms. The van der Waals surface area contributed by atoms with Crippen LogP contribution in [0.25, 0.3) is 0 Å². The van der Waals surface area contributed by atoms with E-state index >= 15 is 0 Å². The van der Waals surface area contributed by atoms with E-state index in [0.29, 0.717) is 6.54 Å². The summed E-state index contributed by atoms with van der Waals surface area (Å²) < 4.78 is 0. The van der Waals surface area contributed by atoms with Crippen LogP contribution in [-0.4, -0.2) is 17.4 Å². The van der Waals surface area contributed by atoms with Crippen LogP contribution < -0.4 is 5.32 Å². The molecule has 0 atom stereocenters. The molecular weight excluding hydrogens is 200 g/mol. The van der Waals surface area contributed by atoms with Crippen molar-refractivity contribution in [2.24, 2.45) is 5.92 Å². The number of pyridine rings is 1. The maximum atomic E-state index is 11.5. The summed E-state index contributed by atoms with van der Waals surface area (Å²) in [5.74, 6) is 0.135. The van der Waals surface area contributed by atoms with Gasteiger partial charge in [-0.25, -0.2) is 0 Å². The highest BCUT2D eigenvalue weighted by molar-refractivity contribution is 5.77. The Hall–Kier alpha value is -1.38. The van der Waals surface area contributed by atoms with Crippen molar-refractivity contribution in [2.45, 2.75) is 33.1 Å². The van der Waals surface area contributed by atoms with Gasteiger partial charge in [0.1, 0.15) is 0 Å². The summed E-state index contributed by atoms with van der Waals surface area (Å²) >= 11 is 0. The topological polar surface area (TPSA) is 42.0 Å². The van der Waals surface area contributed by atoms with Crippen LogP contribution in [0.2, 0.25) is 0 Å². The molecule has 3 nitrogen and oxygen atoms in total. The second-order valence-corrected chi connectivity index (χ2v) is 4.99. The lowest BCUT2D eigenvalue weighted by atomic mass is 9.85. The fourth-order valence-corrected chi connectivity index (χ4v) is 1.42. The van der Waals surface area contributed by atoms with E-state index in [1.165, 1.54) is 5.56 Å². The Bertz CT molecular complexity index is 344. The summed E-state index contributed by atoms with van der Waals surface area (Å²) in [6, 6.07) is 3.98. The van der Waals surface area contributed by atoms with Crippen molar-refractivity contribution in [2.75, 3.05) is 6.54 Å². The Morgan fingerprint density at radius 2 is 1.94 bits per heavy atom. The lowest BCUT2D eigenvalue weighted by Crippen LogP contribution is -2.38. The molecule has 0 aliphatic heterocycles. The molecule has 88 valence electrons. The van der Waals surface area contributed by atoms with E-state index in [1.807, 2.05) is 26.0 Å². The highest BCUT2D eigenvalue weighted by Gasteiger charge is 2.21. The van der Waals surface area contributed by atoms with Gasteiger partial charge in [-0.15, -0.1) is 0 Å². The second kappa shape index (κ2) is 5.10. The lowest BCUT2D eigenvalue weighted by molar-refractivity contribution is -0.124. The zero-order chi connectivity index (χ0) is 12.2. The van der Waals surface area contributed by atoms with Crippen LogP contribution in [0.3, 0.4) is 0 Å². The molecule has 1 aromatic heterocycles. The number of rotatable bonds is 4. The maximum Gasteiger partial charge on any atom is 0.222 e. The minimum atomic E-state index is -0.0620. The van der Waals surface area contributed by atoms with Gasteiger partial charge in [-0.1, -0.05) is 27.7 Å². The first-order valence-electron chi connectivity index (χ1n) is 5.62. The van der Waals surface area contributed by atoms with Gasteiger partial charge in [-0.2, -0.15) is 0 Å². The zero-order valence-electron chi connectivity index (χ0n) is 10.4. The SMILES string of the molecule is CC(C)C(=O)NCC(C)(C)c1ccncc1. The van der Waals surface area contributed by atoms with Gasteiger partial charge in [-0.3, -0.25) is 9.78 Å². The van der Waals surface area contributed by atoms with E-state index < -0.39 is 0 Å². The number of carbonyl (C=O) groups excluding carboxylic acids is 1. The first kappa shape index (κ1) is 12.7. The van der Waals surface area contributed by atoms with Gasteiger partial charge in [0.25, 0.3) is 0 Å². The first-order chi connectivity index (χ1) is 7.43. The first-order valence-corrected chi connectivity index (χ1v) is 5.62. The Morgan fingerprint density at radius 1 is 1.38 bits per heavy atom. The van der Waals surface area contributed by atoms with Crippen LogP contribution in [0.4, 0.5) is 0 Å². The van der Waals surface area contributed by atoms with Gasteiger partial charge < -0.3 is 5.32 Å². The monoisotopic (exact) mass is 220 g/mol. The minimum absolute atomic E-state index is 0.0354. The number of aromatic nitrogens is 1.